The Morgan fingerprint density at radius 2 is 0.755 bits per heavy atom. The third-order valence-electron chi connectivity index (χ3n) is 9.85. The van der Waals surface area contributed by atoms with E-state index in [1.165, 1.54) is 141 Å². The van der Waals surface area contributed by atoms with E-state index < -0.39 is 6.10 Å². The third kappa shape index (κ3) is 42.5. The predicted molar refractivity (Wildman–Crippen MR) is 228 cm³/mol. The van der Waals surface area contributed by atoms with Crippen LogP contribution in [0.15, 0.2) is 48.6 Å². The Labute approximate surface area is 328 Å². The van der Waals surface area contributed by atoms with Gasteiger partial charge < -0.3 is 14.6 Å². The van der Waals surface area contributed by atoms with Crippen molar-refractivity contribution in [2.24, 2.45) is 0 Å². The Morgan fingerprint density at radius 3 is 1.15 bits per heavy atom. The second-order valence-corrected chi connectivity index (χ2v) is 15.1. The summed E-state index contributed by atoms with van der Waals surface area (Å²) in [4.78, 5) is 24.3. The molecule has 0 aromatic rings. The standard InChI is InChI=1S/C48H86O5/c1-3-5-7-9-11-13-15-17-19-21-22-23-24-25-26-27-29-31-33-35-37-39-41-43-48(51)53-46(44-49)45-52-47(50)42-40-38-36-34-32-30-28-20-18-16-14-12-10-8-6-4-2/h15,17,20-22,24-25,28,46,49H,3-14,16,18-19,23,26-27,29-45H2,1-2H3/b17-15-,22-21-,25-24-,28-20-. The summed E-state index contributed by atoms with van der Waals surface area (Å²) in [5.41, 5.74) is 0. The van der Waals surface area contributed by atoms with E-state index in [1.807, 2.05) is 0 Å². The highest BCUT2D eigenvalue weighted by Crippen LogP contribution is 2.13. The van der Waals surface area contributed by atoms with Crippen LogP contribution in [0.5, 0.6) is 0 Å². The van der Waals surface area contributed by atoms with Gasteiger partial charge in [0.1, 0.15) is 6.61 Å². The van der Waals surface area contributed by atoms with Crippen molar-refractivity contribution in [1.82, 2.24) is 0 Å². The van der Waals surface area contributed by atoms with Gasteiger partial charge >= 0.3 is 11.9 Å². The summed E-state index contributed by atoms with van der Waals surface area (Å²) < 4.78 is 10.6. The van der Waals surface area contributed by atoms with Crippen molar-refractivity contribution in [2.45, 2.75) is 232 Å². The zero-order valence-corrected chi connectivity index (χ0v) is 35.0. The second kappa shape index (κ2) is 44.3. The molecule has 0 radical (unpaired) electrons. The number of carbonyl (C=O) groups is 2. The van der Waals surface area contributed by atoms with Gasteiger partial charge in [0.25, 0.3) is 0 Å². The molecule has 308 valence electrons. The monoisotopic (exact) mass is 743 g/mol. The number of hydrogen-bond donors (Lipinski definition) is 1. The first-order valence-corrected chi connectivity index (χ1v) is 22.7. The highest BCUT2D eigenvalue weighted by molar-refractivity contribution is 5.70. The average molecular weight is 743 g/mol. The zero-order chi connectivity index (χ0) is 38.6. The van der Waals surface area contributed by atoms with Crippen molar-refractivity contribution in [3.63, 3.8) is 0 Å². The van der Waals surface area contributed by atoms with Crippen LogP contribution in [-0.2, 0) is 19.1 Å². The maximum atomic E-state index is 12.2. The molecule has 0 spiro atoms. The fourth-order valence-corrected chi connectivity index (χ4v) is 6.38. The Kier molecular flexibility index (Phi) is 42.5. The molecular formula is C48H86O5. The first-order valence-electron chi connectivity index (χ1n) is 22.7. The topological polar surface area (TPSA) is 72.8 Å². The molecule has 0 saturated carbocycles. The maximum Gasteiger partial charge on any atom is 0.306 e. The third-order valence-corrected chi connectivity index (χ3v) is 9.85. The van der Waals surface area contributed by atoms with E-state index in [2.05, 4.69) is 62.5 Å². The molecule has 0 aliphatic rings. The Balaban J connectivity index is 3.56. The molecule has 0 heterocycles. The lowest BCUT2D eigenvalue weighted by Crippen LogP contribution is -2.28. The number of allylic oxidation sites excluding steroid dienone is 8. The fraction of sp³-hybridized carbons (Fsp3) is 0.792. The van der Waals surface area contributed by atoms with Crippen molar-refractivity contribution in [3.8, 4) is 0 Å². The van der Waals surface area contributed by atoms with Gasteiger partial charge in [-0.2, -0.15) is 0 Å². The molecule has 53 heavy (non-hydrogen) atoms. The van der Waals surface area contributed by atoms with Gasteiger partial charge in [0.15, 0.2) is 6.10 Å². The quantitative estimate of drug-likeness (QED) is 0.0384. The van der Waals surface area contributed by atoms with Crippen molar-refractivity contribution >= 4 is 11.9 Å². The molecular weight excluding hydrogens is 657 g/mol. The summed E-state index contributed by atoms with van der Waals surface area (Å²) in [6, 6.07) is 0. The molecule has 0 rings (SSSR count). The highest BCUT2D eigenvalue weighted by atomic mass is 16.6. The maximum absolute atomic E-state index is 12.2. The van der Waals surface area contributed by atoms with Crippen LogP contribution in [-0.4, -0.2) is 36.4 Å². The number of rotatable bonds is 41. The molecule has 1 N–H and O–H groups in total. The molecule has 5 nitrogen and oxygen atoms in total. The molecule has 0 aliphatic carbocycles. The van der Waals surface area contributed by atoms with Crippen molar-refractivity contribution in [2.75, 3.05) is 13.2 Å². The largest absolute Gasteiger partial charge is 0.462 e. The van der Waals surface area contributed by atoms with Gasteiger partial charge in [-0.05, 0) is 77.0 Å². The Morgan fingerprint density at radius 1 is 0.434 bits per heavy atom. The van der Waals surface area contributed by atoms with Gasteiger partial charge in [-0.25, -0.2) is 0 Å². The number of aliphatic hydroxyl groups excluding tert-OH is 1. The summed E-state index contributed by atoms with van der Waals surface area (Å²) in [5, 5.41) is 9.59. The van der Waals surface area contributed by atoms with Crippen LogP contribution in [0.3, 0.4) is 0 Å². The molecule has 1 atom stereocenters. The van der Waals surface area contributed by atoms with Crippen LogP contribution in [0, 0.1) is 0 Å². The van der Waals surface area contributed by atoms with Gasteiger partial charge in [0.05, 0.1) is 6.61 Å². The Hall–Kier alpha value is -2.14. The summed E-state index contributed by atoms with van der Waals surface area (Å²) >= 11 is 0. The van der Waals surface area contributed by atoms with Gasteiger partial charge in [-0.3, -0.25) is 9.59 Å². The smallest absolute Gasteiger partial charge is 0.306 e. The van der Waals surface area contributed by atoms with E-state index in [0.717, 1.165) is 57.8 Å². The zero-order valence-electron chi connectivity index (χ0n) is 35.0. The molecule has 0 saturated heterocycles. The Bertz CT molecular complexity index is 888. The van der Waals surface area contributed by atoms with Crippen LogP contribution >= 0.6 is 0 Å². The molecule has 0 aromatic carbocycles. The number of aliphatic hydroxyl groups is 1. The predicted octanol–water partition coefficient (Wildman–Crippen LogP) is 14.6. The summed E-state index contributed by atoms with van der Waals surface area (Å²) in [7, 11) is 0. The molecule has 5 heteroatoms. The number of hydrogen-bond acceptors (Lipinski definition) is 5. The van der Waals surface area contributed by atoms with E-state index in [1.54, 1.807) is 0 Å². The summed E-state index contributed by atoms with van der Waals surface area (Å²) in [6.45, 7) is 4.12. The number of carbonyl (C=O) groups excluding carboxylic acids is 2. The van der Waals surface area contributed by atoms with Crippen molar-refractivity contribution in [3.05, 3.63) is 48.6 Å². The summed E-state index contributed by atoms with van der Waals surface area (Å²) in [6.07, 6.45) is 56.1. The minimum absolute atomic E-state index is 0.0731. The van der Waals surface area contributed by atoms with Crippen molar-refractivity contribution < 1.29 is 24.2 Å². The van der Waals surface area contributed by atoms with E-state index >= 15 is 0 Å². The second-order valence-electron chi connectivity index (χ2n) is 15.1. The minimum atomic E-state index is -0.779. The van der Waals surface area contributed by atoms with Crippen LogP contribution in [0.25, 0.3) is 0 Å². The molecule has 1 unspecified atom stereocenters. The molecule has 0 fully saturated rings. The van der Waals surface area contributed by atoms with Crippen LogP contribution < -0.4 is 0 Å². The molecule has 0 aliphatic heterocycles. The first-order chi connectivity index (χ1) is 26.1. The van der Waals surface area contributed by atoms with Crippen molar-refractivity contribution in [1.29, 1.82) is 0 Å². The van der Waals surface area contributed by atoms with Crippen LogP contribution in [0.1, 0.15) is 226 Å². The lowest BCUT2D eigenvalue weighted by atomic mass is 10.1. The highest BCUT2D eigenvalue weighted by Gasteiger charge is 2.16. The van der Waals surface area contributed by atoms with Gasteiger partial charge in [-0.15, -0.1) is 0 Å². The number of unbranched alkanes of at least 4 members (excludes halogenated alkanes) is 25. The molecule has 0 aromatic heterocycles. The first kappa shape index (κ1) is 50.9. The van der Waals surface area contributed by atoms with Crippen LogP contribution in [0.4, 0.5) is 0 Å². The van der Waals surface area contributed by atoms with E-state index in [-0.39, 0.29) is 25.2 Å². The number of esters is 2. The fourth-order valence-electron chi connectivity index (χ4n) is 6.38. The minimum Gasteiger partial charge on any atom is -0.462 e. The van der Waals surface area contributed by atoms with Gasteiger partial charge in [-0.1, -0.05) is 184 Å². The molecule has 0 bridgehead atoms. The van der Waals surface area contributed by atoms with E-state index in [0.29, 0.717) is 12.8 Å². The average Bonchev–Trinajstić information content (AvgIpc) is 3.16. The van der Waals surface area contributed by atoms with E-state index in [4.69, 9.17) is 9.47 Å². The SMILES string of the molecule is CCCCCCC/C=C\C/C=C\C/C=C\CCCCCCCCCCC(=O)OC(CO)COC(=O)CCCCCCC/C=C\CCCCCCCCC. The number of ether oxygens (including phenoxy) is 2. The van der Waals surface area contributed by atoms with Crippen LogP contribution in [0.2, 0.25) is 0 Å². The van der Waals surface area contributed by atoms with E-state index in [9.17, 15) is 14.7 Å². The lowest BCUT2D eigenvalue weighted by molar-refractivity contribution is -0.161. The normalized spacial score (nSPS) is 12.6. The summed E-state index contributed by atoms with van der Waals surface area (Å²) in [5.74, 6) is -0.605. The molecule has 0 amide bonds. The van der Waals surface area contributed by atoms with Gasteiger partial charge in [0.2, 0.25) is 0 Å². The van der Waals surface area contributed by atoms with Gasteiger partial charge in [0, 0.05) is 12.8 Å². The lowest BCUT2D eigenvalue weighted by Gasteiger charge is -2.15.